The van der Waals surface area contributed by atoms with Gasteiger partial charge in [-0.05, 0) is 55.8 Å². The van der Waals surface area contributed by atoms with Gasteiger partial charge in [0.1, 0.15) is 5.75 Å². The van der Waals surface area contributed by atoms with Crippen LogP contribution in [0.1, 0.15) is 18.4 Å². The molecule has 1 atom stereocenters. The molecule has 8 heteroatoms. The summed E-state index contributed by atoms with van der Waals surface area (Å²) in [7, 11) is 3.94. The fraction of sp³-hybridized carbons (Fsp3) is 0.286. The molecule has 0 radical (unpaired) electrons. The van der Waals surface area contributed by atoms with Crippen LogP contribution in [-0.2, 0) is 11.4 Å². The van der Waals surface area contributed by atoms with E-state index in [0.717, 1.165) is 22.7 Å². The van der Waals surface area contributed by atoms with E-state index < -0.39 is 5.25 Å². The van der Waals surface area contributed by atoms with Crippen LogP contribution in [0.2, 0.25) is 0 Å². The largest absolute Gasteiger partial charge is 0.484 e. The summed E-state index contributed by atoms with van der Waals surface area (Å²) in [5, 5.41) is 10.8. The van der Waals surface area contributed by atoms with Gasteiger partial charge in [-0.25, -0.2) is 0 Å². The number of anilines is 2. The van der Waals surface area contributed by atoms with Gasteiger partial charge in [-0.3, -0.25) is 4.79 Å². The zero-order chi connectivity index (χ0) is 20.8. The Morgan fingerprint density at radius 1 is 1.21 bits per heavy atom. The number of thioether (sulfide) groups is 1. The van der Waals surface area contributed by atoms with Gasteiger partial charge < -0.3 is 19.4 Å². The van der Waals surface area contributed by atoms with Crippen molar-refractivity contribution in [3.8, 4) is 5.75 Å². The Morgan fingerprint density at radius 3 is 2.66 bits per heavy atom. The molecular weight excluding hydrogens is 388 g/mol. The zero-order valence-corrected chi connectivity index (χ0v) is 17.7. The molecule has 3 aromatic rings. The van der Waals surface area contributed by atoms with E-state index in [1.54, 1.807) is 6.92 Å². The van der Waals surface area contributed by atoms with Crippen molar-refractivity contribution in [3.63, 3.8) is 0 Å². The first-order valence-electron chi connectivity index (χ1n) is 9.17. The van der Waals surface area contributed by atoms with Gasteiger partial charge in [-0.1, -0.05) is 23.9 Å². The smallest absolute Gasteiger partial charge is 0.277 e. The second kappa shape index (κ2) is 9.47. The van der Waals surface area contributed by atoms with Gasteiger partial charge in [0.2, 0.25) is 5.91 Å². The Balaban J connectivity index is 1.51. The van der Waals surface area contributed by atoms with Crippen molar-refractivity contribution >= 4 is 29.0 Å². The van der Waals surface area contributed by atoms with E-state index in [-0.39, 0.29) is 12.5 Å². The molecule has 1 N–H and O–H groups in total. The minimum absolute atomic E-state index is 0.136. The lowest BCUT2D eigenvalue weighted by Crippen LogP contribution is -2.22. The fourth-order valence-corrected chi connectivity index (χ4v) is 3.19. The third kappa shape index (κ3) is 5.99. The standard InChI is InChI=1S/C21H24N4O3S/c1-14-6-5-7-18(12-14)27-13-19-23-24-21(28-19)29-15(2)20(26)22-16-8-10-17(11-9-16)25(3)4/h5-12,15H,13H2,1-4H3,(H,22,26)/t15-/m1/s1. The summed E-state index contributed by atoms with van der Waals surface area (Å²) >= 11 is 1.21. The summed E-state index contributed by atoms with van der Waals surface area (Å²) in [5.41, 5.74) is 2.92. The van der Waals surface area contributed by atoms with Crippen LogP contribution in [0.3, 0.4) is 0 Å². The van der Waals surface area contributed by atoms with Crippen molar-refractivity contribution < 1.29 is 13.9 Å². The first-order chi connectivity index (χ1) is 13.9. The SMILES string of the molecule is Cc1cccc(OCc2nnc(S[C@H](C)C(=O)Nc3ccc(N(C)C)cc3)o2)c1. The number of carbonyl (C=O) groups is 1. The second-order valence-corrected chi connectivity index (χ2v) is 8.05. The molecule has 0 bridgehead atoms. The topological polar surface area (TPSA) is 80.5 Å². The molecule has 0 aliphatic rings. The molecule has 7 nitrogen and oxygen atoms in total. The van der Waals surface area contributed by atoms with Gasteiger partial charge in [0.25, 0.3) is 11.1 Å². The molecule has 0 unspecified atom stereocenters. The van der Waals surface area contributed by atoms with Gasteiger partial charge in [0, 0.05) is 25.5 Å². The Labute approximate surface area is 174 Å². The highest BCUT2D eigenvalue weighted by atomic mass is 32.2. The first-order valence-corrected chi connectivity index (χ1v) is 10.1. The number of nitrogens with zero attached hydrogens (tertiary/aromatic N) is 3. The lowest BCUT2D eigenvalue weighted by molar-refractivity contribution is -0.115. The molecule has 0 fully saturated rings. The summed E-state index contributed by atoms with van der Waals surface area (Å²) in [6, 6.07) is 15.4. The van der Waals surface area contributed by atoms with E-state index in [1.807, 2.05) is 74.4 Å². The molecule has 2 aromatic carbocycles. The summed E-state index contributed by atoms with van der Waals surface area (Å²) < 4.78 is 11.2. The molecular formula is C21H24N4O3S. The number of rotatable bonds is 8. The van der Waals surface area contributed by atoms with Crippen molar-refractivity contribution in [1.82, 2.24) is 10.2 Å². The number of hydrogen-bond acceptors (Lipinski definition) is 7. The third-order valence-corrected chi connectivity index (χ3v) is 5.03. The number of hydrogen-bond donors (Lipinski definition) is 1. The monoisotopic (exact) mass is 412 g/mol. The number of aromatic nitrogens is 2. The Bertz CT molecular complexity index is 957. The lowest BCUT2D eigenvalue weighted by atomic mass is 10.2. The highest BCUT2D eigenvalue weighted by molar-refractivity contribution is 8.00. The van der Waals surface area contributed by atoms with Crippen molar-refractivity contribution in [1.29, 1.82) is 0 Å². The molecule has 152 valence electrons. The van der Waals surface area contributed by atoms with E-state index in [9.17, 15) is 4.79 Å². The van der Waals surface area contributed by atoms with Crippen LogP contribution in [0.4, 0.5) is 11.4 Å². The number of aryl methyl sites for hydroxylation is 1. The van der Waals surface area contributed by atoms with E-state index in [2.05, 4.69) is 15.5 Å². The predicted molar refractivity (Wildman–Crippen MR) is 115 cm³/mol. The highest BCUT2D eigenvalue weighted by Gasteiger charge is 2.18. The molecule has 0 aliphatic heterocycles. The molecule has 0 saturated carbocycles. The number of amides is 1. The number of ether oxygens (including phenoxy) is 1. The molecule has 0 aliphatic carbocycles. The quantitative estimate of drug-likeness (QED) is 0.557. The van der Waals surface area contributed by atoms with Gasteiger partial charge in [0.05, 0.1) is 5.25 Å². The minimum Gasteiger partial charge on any atom is -0.484 e. The Kier molecular flexibility index (Phi) is 6.77. The molecule has 1 heterocycles. The zero-order valence-electron chi connectivity index (χ0n) is 16.9. The average molecular weight is 413 g/mol. The summed E-state index contributed by atoms with van der Waals surface area (Å²) in [6.07, 6.45) is 0. The van der Waals surface area contributed by atoms with Gasteiger partial charge in [-0.15, -0.1) is 10.2 Å². The molecule has 29 heavy (non-hydrogen) atoms. The van der Waals surface area contributed by atoms with Crippen LogP contribution in [0, 0.1) is 6.92 Å². The van der Waals surface area contributed by atoms with E-state index in [0.29, 0.717) is 11.1 Å². The summed E-state index contributed by atoms with van der Waals surface area (Å²) in [6.45, 7) is 3.97. The minimum atomic E-state index is -0.394. The number of nitrogens with one attached hydrogen (secondary N) is 1. The summed E-state index contributed by atoms with van der Waals surface area (Å²) in [4.78, 5) is 14.4. The maximum atomic E-state index is 12.4. The van der Waals surface area contributed by atoms with Crippen molar-refractivity contribution in [3.05, 3.63) is 60.0 Å². The average Bonchev–Trinajstić information content (AvgIpc) is 3.14. The van der Waals surface area contributed by atoms with Gasteiger partial charge in [-0.2, -0.15) is 0 Å². The number of carbonyl (C=O) groups excluding carboxylic acids is 1. The molecule has 1 amide bonds. The highest BCUT2D eigenvalue weighted by Crippen LogP contribution is 2.24. The van der Waals surface area contributed by atoms with E-state index in [4.69, 9.17) is 9.15 Å². The van der Waals surface area contributed by atoms with Crippen molar-refractivity contribution in [2.45, 2.75) is 30.9 Å². The van der Waals surface area contributed by atoms with Gasteiger partial charge in [0.15, 0.2) is 6.61 Å². The maximum absolute atomic E-state index is 12.4. The second-order valence-electron chi connectivity index (χ2n) is 6.76. The molecule has 0 saturated heterocycles. The summed E-state index contributed by atoms with van der Waals surface area (Å²) in [5.74, 6) is 0.967. The fourth-order valence-electron chi connectivity index (χ4n) is 2.49. The normalized spacial score (nSPS) is 11.7. The maximum Gasteiger partial charge on any atom is 0.277 e. The van der Waals surface area contributed by atoms with Crippen LogP contribution in [0.25, 0.3) is 0 Å². The van der Waals surface area contributed by atoms with Crippen LogP contribution >= 0.6 is 11.8 Å². The Morgan fingerprint density at radius 2 is 1.97 bits per heavy atom. The lowest BCUT2D eigenvalue weighted by Gasteiger charge is -2.14. The third-order valence-electron chi connectivity index (χ3n) is 4.10. The van der Waals surface area contributed by atoms with Crippen LogP contribution in [-0.4, -0.2) is 35.4 Å². The first kappa shape index (κ1) is 20.7. The van der Waals surface area contributed by atoms with E-state index in [1.165, 1.54) is 11.8 Å². The van der Waals surface area contributed by atoms with E-state index >= 15 is 0 Å². The van der Waals surface area contributed by atoms with Crippen LogP contribution in [0.5, 0.6) is 5.75 Å². The molecule has 0 spiro atoms. The van der Waals surface area contributed by atoms with Gasteiger partial charge >= 0.3 is 0 Å². The van der Waals surface area contributed by atoms with Crippen molar-refractivity contribution in [2.24, 2.45) is 0 Å². The molecule has 3 rings (SSSR count). The van der Waals surface area contributed by atoms with Crippen LogP contribution < -0.4 is 15.0 Å². The number of benzene rings is 2. The molecule has 1 aromatic heterocycles. The predicted octanol–water partition coefficient (Wildman–Crippen LogP) is 4.14. The van der Waals surface area contributed by atoms with Crippen molar-refractivity contribution in [2.75, 3.05) is 24.3 Å². The van der Waals surface area contributed by atoms with Crippen LogP contribution in [0.15, 0.2) is 58.2 Å². The Hall–Kier alpha value is -3.00.